The first kappa shape index (κ1) is 16.5. The SMILES string of the molecule is CCc1ccccc1N1CC(C(=O)NOC(C)(C)C)CC1=O. The second-order valence-corrected chi connectivity index (χ2v) is 6.57. The summed E-state index contributed by atoms with van der Waals surface area (Å²) in [4.78, 5) is 31.4. The Kier molecular flexibility index (Phi) is 4.86. The van der Waals surface area contributed by atoms with E-state index in [4.69, 9.17) is 4.84 Å². The number of para-hydroxylation sites is 1. The molecule has 0 aliphatic carbocycles. The number of hydroxylamine groups is 1. The highest BCUT2D eigenvalue weighted by atomic mass is 16.7. The molecule has 1 aliphatic heterocycles. The number of nitrogens with one attached hydrogen (secondary N) is 1. The molecule has 1 atom stereocenters. The lowest BCUT2D eigenvalue weighted by atomic mass is 10.1. The third-order valence-electron chi connectivity index (χ3n) is 3.62. The molecule has 22 heavy (non-hydrogen) atoms. The van der Waals surface area contributed by atoms with Gasteiger partial charge in [-0.25, -0.2) is 5.48 Å². The Hall–Kier alpha value is -1.88. The molecule has 0 saturated carbocycles. The van der Waals surface area contributed by atoms with Gasteiger partial charge in [-0.05, 0) is 38.8 Å². The van der Waals surface area contributed by atoms with Gasteiger partial charge in [0.15, 0.2) is 0 Å². The third kappa shape index (κ3) is 3.85. The Balaban J connectivity index is 2.06. The molecule has 0 aromatic heterocycles. The normalized spacial score (nSPS) is 18.6. The van der Waals surface area contributed by atoms with E-state index in [-0.39, 0.29) is 24.2 Å². The summed E-state index contributed by atoms with van der Waals surface area (Å²) in [5.41, 5.74) is 4.03. The molecule has 1 unspecified atom stereocenters. The average Bonchev–Trinajstić information content (AvgIpc) is 2.86. The standard InChI is InChI=1S/C17H24N2O3/c1-5-12-8-6-7-9-14(12)19-11-13(10-15(19)20)16(21)18-22-17(2,3)4/h6-9,13H,5,10-11H2,1-4H3,(H,18,21). The first-order chi connectivity index (χ1) is 10.3. The molecule has 1 fully saturated rings. The predicted molar refractivity (Wildman–Crippen MR) is 85.3 cm³/mol. The van der Waals surface area contributed by atoms with Crippen LogP contribution in [0.3, 0.4) is 0 Å². The Bertz CT molecular complexity index is 563. The molecule has 1 heterocycles. The van der Waals surface area contributed by atoms with E-state index >= 15 is 0 Å². The van der Waals surface area contributed by atoms with Crippen molar-refractivity contribution < 1.29 is 14.4 Å². The van der Waals surface area contributed by atoms with Gasteiger partial charge in [0.1, 0.15) is 0 Å². The number of carbonyl (C=O) groups excluding carboxylic acids is 2. The van der Waals surface area contributed by atoms with E-state index < -0.39 is 5.60 Å². The number of anilines is 1. The van der Waals surface area contributed by atoms with E-state index in [2.05, 4.69) is 12.4 Å². The number of hydrogen-bond acceptors (Lipinski definition) is 3. The quantitative estimate of drug-likeness (QED) is 0.869. The largest absolute Gasteiger partial charge is 0.311 e. The molecule has 1 saturated heterocycles. The molecule has 1 aromatic carbocycles. The van der Waals surface area contributed by atoms with Crippen LogP contribution in [0.4, 0.5) is 5.69 Å². The summed E-state index contributed by atoms with van der Waals surface area (Å²) in [5, 5.41) is 0. The molecule has 1 aliphatic rings. The first-order valence-corrected chi connectivity index (χ1v) is 7.68. The van der Waals surface area contributed by atoms with Crippen molar-refractivity contribution in [1.82, 2.24) is 5.48 Å². The topological polar surface area (TPSA) is 58.6 Å². The minimum absolute atomic E-state index is 0.0168. The number of carbonyl (C=O) groups is 2. The molecular formula is C17H24N2O3. The zero-order valence-corrected chi connectivity index (χ0v) is 13.7. The highest BCUT2D eigenvalue weighted by molar-refractivity contribution is 6.00. The van der Waals surface area contributed by atoms with Gasteiger partial charge in [-0.15, -0.1) is 0 Å². The van der Waals surface area contributed by atoms with Crippen molar-refractivity contribution in [3.63, 3.8) is 0 Å². The summed E-state index contributed by atoms with van der Waals surface area (Å²) in [5.74, 6) is -0.628. The number of amides is 2. The van der Waals surface area contributed by atoms with Crippen LogP contribution < -0.4 is 10.4 Å². The van der Waals surface area contributed by atoms with Crippen LogP contribution >= 0.6 is 0 Å². The van der Waals surface area contributed by atoms with Crippen molar-refractivity contribution in [2.45, 2.75) is 46.1 Å². The molecule has 1 N–H and O–H groups in total. The minimum Gasteiger partial charge on any atom is -0.311 e. The Morgan fingerprint density at radius 1 is 1.36 bits per heavy atom. The number of rotatable bonds is 4. The van der Waals surface area contributed by atoms with Gasteiger partial charge in [0, 0.05) is 18.7 Å². The van der Waals surface area contributed by atoms with Gasteiger partial charge in [0.05, 0.1) is 11.5 Å². The molecule has 0 radical (unpaired) electrons. The van der Waals surface area contributed by atoms with E-state index in [9.17, 15) is 9.59 Å². The number of hydrogen-bond donors (Lipinski definition) is 1. The molecule has 120 valence electrons. The number of nitrogens with zero attached hydrogens (tertiary/aromatic N) is 1. The molecule has 1 aromatic rings. The second-order valence-electron chi connectivity index (χ2n) is 6.57. The smallest absolute Gasteiger partial charge is 0.248 e. The highest BCUT2D eigenvalue weighted by Crippen LogP contribution is 2.28. The van der Waals surface area contributed by atoms with Crippen molar-refractivity contribution in [3.05, 3.63) is 29.8 Å². The predicted octanol–water partition coefficient (Wildman–Crippen LogP) is 2.45. The second kappa shape index (κ2) is 6.48. The molecule has 5 heteroatoms. The molecule has 5 nitrogen and oxygen atoms in total. The summed E-state index contributed by atoms with van der Waals surface area (Å²) in [6, 6.07) is 7.82. The van der Waals surface area contributed by atoms with E-state index in [1.165, 1.54) is 0 Å². The average molecular weight is 304 g/mol. The van der Waals surface area contributed by atoms with Crippen LogP contribution in [0, 0.1) is 5.92 Å². The van der Waals surface area contributed by atoms with E-state index in [1.54, 1.807) is 4.90 Å². The van der Waals surface area contributed by atoms with Crippen LogP contribution in [0.25, 0.3) is 0 Å². The van der Waals surface area contributed by atoms with Crippen LogP contribution in [0.1, 0.15) is 39.7 Å². The molecule has 0 spiro atoms. The molecule has 2 rings (SSSR count). The van der Waals surface area contributed by atoms with Crippen LogP contribution in [-0.2, 0) is 20.8 Å². The zero-order chi connectivity index (χ0) is 16.3. The summed E-state index contributed by atoms with van der Waals surface area (Å²) in [6.45, 7) is 8.03. The first-order valence-electron chi connectivity index (χ1n) is 7.68. The monoisotopic (exact) mass is 304 g/mol. The number of aryl methyl sites for hydroxylation is 1. The van der Waals surface area contributed by atoms with Gasteiger partial charge >= 0.3 is 0 Å². The molecule has 2 amide bonds. The fourth-order valence-electron chi connectivity index (χ4n) is 2.48. The maximum atomic E-state index is 12.3. The summed E-state index contributed by atoms with van der Waals surface area (Å²) in [7, 11) is 0. The Morgan fingerprint density at radius 3 is 2.68 bits per heavy atom. The van der Waals surface area contributed by atoms with Crippen LogP contribution in [0.5, 0.6) is 0 Å². The third-order valence-corrected chi connectivity index (χ3v) is 3.62. The van der Waals surface area contributed by atoms with Gasteiger partial charge in [0.2, 0.25) is 11.8 Å². The van der Waals surface area contributed by atoms with Crippen molar-refractivity contribution >= 4 is 17.5 Å². The zero-order valence-electron chi connectivity index (χ0n) is 13.7. The lowest BCUT2D eigenvalue weighted by Crippen LogP contribution is -2.38. The molecule has 0 bridgehead atoms. The van der Waals surface area contributed by atoms with E-state index in [1.807, 2.05) is 45.0 Å². The van der Waals surface area contributed by atoms with Gasteiger partial charge in [-0.3, -0.25) is 14.4 Å². The minimum atomic E-state index is -0.452. The Labute approximate surface area is 131 Å². The summed E-state index contributed by atoms with van der Waals surface area (Å²) < 4.78 is 0. The molecular weight excluding hydrogens is 280 g/mol. The summed E-state index contributed by atoms with van der Waals surface area (Å²) >= 11 is 0. The lowest BCUT2D eigenvalue weighted by molar-refractivity contribution is -0.149. The summed E-state index contributed by atoms with van der Waals surface area (Å²) in [6.07, 6.45) is 1.07. The maximum absolute atomic E-state index is 12.3. The number of benzene rings is 1. The Morgan fingerprint density at radius 2 is 2.05 bits per heavy atom. The van der Waals surface area contributed by atoms with Gasteiger partial charge in [-0.2, -0.15) is 0 Å². The fraction of sp³-hybridized carbons (Fsp3) is 0.529. The van der Waals surface area contributed by atoms with Gasteiger partial charge < -0.3 is 4.90 Å². The van der Waals surface area contributed by atoms with E-state index in [0.29, 0.717) is 6.54 Å². The van der Waals surface area contributed by atoms with Crippen molar-refractivity contribution in [2.75, 3.05) is 11.4 Å². The van der Waals surface area contributed by atoms with Gasteiger partial charge in [-0.1, -0.05) is 25.1 Å². The lowest BCUT2D eigenvalue weighted by Gasteiger charge is -2.21. The van der Waals surface area contributed by atoms with Crippen LogP contribution in [0.15, 0.2) is 24.3 Å². The van der Waals surface area contributed by atoms with Crippen LogP contribution in [0.2, 0.25) is 0 Å². The maximum Gasteiger partial charge on any atom is 0.248 e. The van der Waals surface area contributed by atoms with Crippen molar-refractivity contribution in [3.8, 4) is 0 Å². The van der Waals surface area contributed by atoms with Crippen LogP contribution in [-0.4, -0.2) is 24.0 Å². The van der Waals surface area contributed by atoms with Crippen molar-refractivity contribution in [1.29, 1.82) is 0 Å². The van der Waals surface area contributed by atoms with Crippen molar-refractivity contribution in [2.24, 2.45) is 5.92 Å². The van der Waals surface area contributed by atoms with E-state index in [0.717, 1.165) is 17.7 Å². The van der Waals surface area contributed by atoms with Gasteiger partial charge in [0.25, 0.3) is 0 Å². The highest BCUT2D eigenvalue weighted by Gasteiger charge is 2.36. The fourth-order valence-corrected chi connectivity index (χ4v) is 2.48.